The van der Waals surface area contributed by atoms with Crippen molar-refractivity contribution in [1.29, 1.82) is 0 Å². The van der Waals surface area contributed by atoms with Gasteiger partial charge in [-0.1, -0.05) is 12.1 Å². The zero-order valence-corrected chi connectivity index (χ0v) is 14.1. The number of amides is 1. The van der Waals surface area contributed by atoms with Crippen LogP contribution in [-0.2, 0) is 18.4 Å². The third kappa shape index (κ3) is 3.05. The van der Waals surface area contributed by atoms with Gasteiger partial charge in [-0.25, -0.2) is 9.97 Å². The van der Waals surface area contributed by atoms with E-state index in [0.717, 1.165) is 47.5 Å². The van der Waals surface area contributed by atoms with E-state index >= 15 is 0 Å². The summed E-state index contributed by atoms with van der Waals surface area (Å²) in [6.07, 6.45) is 6.03. The van der Waals surface area contributed by atoms with Crippen LogP contribution in [0.2, 0.25) is 0 Å². The molecule has 1 aliphatic heterocycles. The maximum absolute atomic E-state index is 12.0. The maximum Gasteiger partial charge on any atom is 0.226 e. The van der Waals surface area contributed by atoms with E-state index in [1.54, 1.807) is 10.9 Å². The summed E-state index contributed by atoms with van der Waals surface area (Å²) in [5, 5.41) is 8.46. The monoisotopic (exact) mass is 336 g/mol. The molecule has 1 aromatic carbocycles. The summed E-state index contributed by atoms with van der Waals surface area (Å²) in [4.78, 5) is 22.4. The fourth-order valence-corrected chi connectivity index (χ4v) is 3.16. The van der Waals surface area contributed by atoms with Gasteiger partial charge in [0, 0.05) is 32.2 Å². The average Bonchev–Trinajstić information content (AvgIpc) is 3.03. The van der Waals surface area contributed by atoms with Crippen molar-refractivity contribution in [3.63, 3.8) is 0 Å². The number of anilines is 2. The average molecular weight is 336 g/mol. The first-order valence-electron chi connectivity index (χ1n) is 8.48. The van der Waals surface area contributed by atoms with E-state index in [-0.39, 0.29) is 5.91 Å². The number of nitrogens with zero attached hydrogens (tertiary/aromatic N) is 5. The first-order valence-corrected chi connectivity index (χ1v) is 8.48. The molecule has 4 rings (SSSR count). The van der Waals surface area contributed by atoms with Crippen molar-refractivity contribution in [3.05, 3.63) is 42.4 Å². The lowest BCUT2D eigenvalue weighted by Gasteiger charge is -2.26. The first kappa shape index (κ1) is 15.6. The normalized spacial score (nSPS) is 14.9. The van der Waals surface area contributed by atoms with Crippen LogP contribution >= 0.6 is 0 Å². The van der Waals surface area contributed by atoms with Crippen LogP contribution in [0, 0.1) is 0 Å². The minimum atomic E-state index is 0.220. The van der Waals surface area contributed by atoms with E-state index in [9.17, 15) is 4.79 Å². The van der Waals surface area contributed by atoms with Crippen LogP contribution in [0.25, 0.3) is 11.0 Å². The largest absolute Gasteiger partial charge is 0.365 e. The van der Waals surface area contributed by atoms with Gasteiger partial charge in [0.2, 0.25) is 5.91 Å². The molecule has 0 saturated carbocycles. The molecule has 25 heavy (non-hydrogen) atoms. The molecule has 1 aliphatic rings. The summed E-state index contributed by atoms with van der Waals surface area (Å²) in [6.45, 7) is 1.46. The highest BCUT2D eigenvalue weighted by atomic mass is 16.2. The Morgan fingerprint density at radius 2 is 2.00 bits per heavy atom. The predicted octanol–water partition coefficient (Wildman–Crippen LogP) is 2.49. The molecule has 1 amide bonds. The Labute approximate surface area is 145 Å². The molecule has 0 aliphatic carbocycles. The molecular formula is C18H20N6O. The summed E-state index contributed by atoms with van der Waals surface area (Å²) in [7, 11) is 1.86. The number of piperidine rings is 1. The van der Waals surface area contributed by atoms with Crippen LogP contribution in [-0.4, -0.2) is 32.2 Å². The minimum absolute atomic E-state index is 0.220. The molecule has 1 fully saturated rings. The highest BCUT2D eigenvalue weighted by Crippen LogP contribution is 2.22. The molecule has 0 atom stereocenters. The van der Waals surface area contributed by atoms with Crippen LogP contribution in [0.15, 0.2) is 36.8 Å². The van der Waals surface area contributed by atoms with Crippen molar-refractivity contribution >= 4 is 28.4 Å². The molecule has 7 heteroatoms. The number of benzene rings is 1. The summed E-state index contributed by atoms with van der Waals surface area (Å²) < 4.78 is 1.73. The zero-order valence-electron chi connectivity index (χ0n) is 14.1. The third-order valence-corrected chi connectivity index (χ3v) is 4.56. The summed E-state index contributed by atoms with van der Waals surface area (Å²) >= 11 is 0. The standard InChI is InChI=1S/C18H20N6O/c1-23-18-15(11-22-23)17(20-12-21-18)19-10-13-5-7-14(8-6-13)24-9-3-2-4-16(24)25/h5-8,11-12H,2-4,9-10H2,1H3,(H,19,20,21). The topological polar surface area (TPSA) is 75.9 Å². The Morgan fingerprint density at radius 3 is 2.80 bits per heavy atom. The molecule has 3 heterocycles. The van der Waals surface area contributed by atoms with Crippen LogP contribution in [0.1, 0.15) is 24.8 Å². The Balaban J connectivity index is 1.47. The maximum atomic E-state index is 12.0. The van der Waals surface area contributed by atoms with E-state index in [1.165, 1.54) is 6.33 Å². The second-order valence-electron chi connectivity index (χ2n) is 6.25. The Bertz CT molecular complexity index is 902. The van der Waals surface area contributed by atoms with Gasteiger partial charge in [-0.15, -0.1) is 0 Å². The molecule has 2 aromatic heterocycles. The van der Waals surface area contributed by atoms with Gasteiger partial charge in [0.25, 0.3) is 0 Å². The van der Waals surface area contributed by atoms with Gasteiger partial charge in [0.1, 0.15) is 12.1 Å². The number of carbonyl (C=O) groups excluding carboxylic acids is 1. The van der Waals surface area contributed by atoms with Gasteiger partial charge in [0.05, 0.1) is 11.6 Å². The molecule has 0 radical (unpaired) electrons. The third-order valence-electron chi connectivity index (χ3n) is 4.56. The van der Waals surface area contributed by atoms with Gasteiger partial charge in [-0.2, -0.15) is 5.10 Å². The zero-order chi connectivity index (χ0) is 17.2. The van der Waals surface area contributed by atoms with Gasteiger partial charge in [0.15, 0.2) is 5.65 Å². The van der Waals surface area contributed by atoms with Crippen molar-refractivity contribution in [1.82, 2.24) is 19.7 Å². The van der Waals surface area contributed by atoms with Crippen molar-refractivity contribution in [2.45, 2.75) is 25.8 Å². The molecule has 3 aromatic rings. The second kappa shape index (κ2) is 6.51. The van der Waals surface area contributed by atoms with Crippen molar-refractivity contribution in [2.24, 2.45) is 7.05 Å². The van der Waals surface area contributed by atoms with Gasteiger partial charge in [-0.3, -0.25) is 9.48 Å². The van der Waals surface area contributed by atoms with E-state index < -0.39 is 0 Å². The van der Waals surface area contributed by atoms with E-state index in [1.807, 2.05) is 36.2 Å². The molecule has 1 N–H and O–H groups in total. The van der Waals surface area contributed by atoms with Crippen molar-refractivity contribution in [2.75, 3.05) is 16.8 Å². The lowest BCUT2D eigenvalue weighted by molar-refractivity contribution is -0.119. The number of hydrogen-bond donors (Lipinski definition) is 1. The molecule has 0 unspecified atom stereocenters. The number of rotatable bonds is 4. The SMILES string of the molecule is Cn1ncc2c(NCc3ccc(N4CCCCC4=O)cc3)ncnc21. The van der Waals surface area contributed by atoms with E-state index in [2.05, 4.69) is 20.4 Å². The van der Waals surface area contributed by atoms with Crippen LogP contribution < -0.4 is 10.2 Å². The predicted molar refractivity (Wildman–Crippen MR) is 96.3 cm³/mol. The number of fused-ring (bicyclic) bond motifs is 1. The highest BCUT2D eigenvalue weighted by Gasteiger charge is 2.19. The number of aryl methyl sites for hydroxylation is 1. The first-order chi connectivity index (χ1) is 12.2. The van der Waals surface area contributed by atoms with Gasteiger partial charge >= 0.3 is 0 Å². The van der Waals surface area contributed by atoms with E-state index in [0.29, 0.717) is 13.0 Å². The number of hydrogen-bond acceptors (Lipinski definition) is 5. The number of nitrogens with one attached hydrogen (secondary N) is 1. The van der Waals surface area contributed by atoms with Crippen molar-refractivity contribution < 1.29 is 4.79 Å². The lowest BCUT2D eigenvalue weighted by Crippen LogP contribution is -2.35. The summed E-state index contributed by atoms with van der Waals surface area (Å²) in [5.41, 5.74) is 2.91. The fraction of sp³-hybridized carbons (Fsp3) is 0.333. The van der Waals surface area contributed by atoms with E-state index in [4.69, 9.17) is 0 Å². The summed E-state index contributed by atoms with van der Waals surface area (Å²) in [5.74, 6) is 0.991. The van der Waals surface area contributed by atoms with Gasteiger partial charge in [-0.05, 0) is 30.5 Å². The molecule has 128 valence electrons. The number of aromatic nitrogens is 4. The quantitative estimate of drug-likeness (QED) is 0.792. The van der Waals surface area contributed by atoms with Crippen LogP contribution in [0.3, 0.4) is 0 Å². The smallest absolute Gasteiger partial charge is 0.226 e. The molecular weight excluding hydrogens is 316 g/mol. The molecule has 0 bridgehead atoms. The van der Waals surface area contributed by atoms with Crippen LogP contribution in [0.5, 0.6) is 0 Å². The molecule has 7 nitrogen and oxygen atoms in total. The Morgan fingerprint density at radius 1 is 1.16 bits per heavy atom. The lowest BCUT2D eigenvalue weighted by atomic mass is 10.1. The second-order valence-corrected chi connectivity index (χ2v) is 6.25. The number of carbonyl (C=O) groups is 1. The Kier molecular flexibility index (Phi) is 4.05. The fourth-order valence-electron chi connectivity index (χ4n) is 3.16. The molecule has 0 spiro atoms. The Hall–Kier alpha value is -2.96. The van der Waals surface area contributed by atoms with Crippen molar-refractivity contribution in [3.8, 4) is 0 Å². The van der Waals surface area contributed by atoms with Crippen LogP contribution in [0.4, 0.5) is 11.5 Å². The summed E-state index contributed by atoms with van der Waals surface area (Å²) in [6, 6.07) is 8.12. The molecule has 1 saturated heterocycles. The van der Waals surface area contributed by atoms with Gasteiger partial charge < -0.3 is 10.2 Å². The highest BCUT2D eigenvalue weighted by molar-refractivity contribution is 5.94. The minimum Gasteiger partial charge on any atom is -0.365 e.